The van der Waals surface area contributed by atoms with Crippen molar-refractivity contribution in [3.63, 3.8) is 0 Å². The van der Waals surface area contributed by atoms with Gasteiger partial charge in [0, 0.05) is 25.9 Å². The van der Waals surface area contributed by atoms with Gasteiger partial charge in [0.1, 0.15) is 11.3 Å². The van der Waals surface area contributed by atoms with Crippen molar-refractivity contribution < 1.29 is 19.1 Å². The Labute approximate surface area is 156 Å². The third kappa shape index (κ3) is 3.74. The van der Waals surface area contributed by atoms with Crippen molar-refractivity contribution in [1.29, 1.82) is 0 Å². The van der Waals surface area contributed by atoms with Gasteiger partial charge in [-0.1, -0.05) is 0 Å². The first-order valence-corrected chi connectivity index (χ1v) is 8.45. The van der Waals surface area contributed by atoms with Crippen LogP contribution in [-0.4, -0.2) is 33.3 Å². The van der Waals surface area contributed by atoms with E-state index in [9.17, 15) is 9.59 Å². The maximum Gasteiger partial charge on any atom is 0.341 e. The number of nitrogens with one attached hydrogen (secondary N) is 1. The molecule has 8 nitrogen and oxygen atoms in total. The number of hydrogen-bond donors (Lipinski definition) is 1. The number of esters is 2. The highest BCUT2D eigenvalue weighted by Crippen LogP contribution is 2.32. The van der Waals surface area contributed by atoms with Gasteiger partial charge in [0.25, 0.3) is 0 Å². The molecule has 0 aliphatic rings. The largest absolute Gasteiger partial charge is 0.462 e. The van der Waals surface area contributed by atoms with E-state index in [1.165, 1.54) is 13.1 Å². The summed E-state index contributed by atoms with van der Waals surface area (Å²) < 4.78 is 11.9. The molecule has 1 aromatic carbocycles. The number of rotatable bonds is 5. The van der Waals surface area contributed by atoms with Crippen LogP contribution in [0.15, 0.2) is 30.5 Å². The average molecular weight is 368 g/mol. The van der Waals surface area contributed by atoms with Crippen LogP contribution in [-0.2, 0) is 16.6 Å². The molecule has 0 saturated carbocycles. The molecule has 0 aliphatic carbocycles. The molecule has 0 fully saturated rings. The van der Waals surface area contributed by atoms with E-state index in [0.29, 0.717) is 28.3 Å². The van der Waals surface area contributed by atoms with Crippen LogP contribution in [0.2, 0.25) is 0 Å². The van der Waals surface area contributed by atoms with Gasteiger partial charge in [0.2, 0.25) is 0 Å². The Morgan fingerprint density at radius 1 is 1.22 bits per heavy atom. The van der Waals surface area contributed by atoms with Gasteiger partial charge in [-0.3, -0.25) is 9.48 Å². The van der Waals surface area contributed by atoms with Crippen molar-refractivity contribution in [2.75, 3.05) is 11.9 Å². The summed E-state index contributed by atoms with van der Waals surface area (Å²) in [7, 11) is 1.80. The first-order chi connectivity index (χ1) is 12.9. The minimum absolute atomic E-state index is 0.263. The molecule has 3 aromatic rings. The van der Waals surface area contributed by atoms with Gasteiger partial charge in [0.05, 0.1) is 23.4 Å². The molecule has 0 spiro atoms. The predicted molar refractivity (Wildman–Crippen MR) is 100 cm³/mol. The summed E-state index contributed by atoms with van der Waals surface area (Å²) in [6.07, 6.45) is 1.48. The van der Waals surface area contributed by atoms with Crippen molar-refractivity contribution in [3.8, 4) is 5.75 Å². The molecular formula is C19H20N4O4. The third-order valence-corrected chi connectivity index (χ3v) is 3.91. The lowest BCUT2D eigenvalue weighted by Gasteiger charge is -2.13. The number of carbonyl (C=O) groups is 2. The zero-order chi connectivity index (χ0) is 19.6. The maximum atomic E-state index is 12.4. The number of benzene rings is 1. The fourth-order valence-corrected chi connectivity index (χ4v) is 2.82. The van der Waals surface area contributed by atoms with Gasteiger partial charge in [-0.25, -0.2) is 9.78 Å². The molecule has 0 radical (unpaired) electrons. The Morgan fingerprint density at radius 2 is 1.93 bits per heavy atom. The van der Waals surface area contributed by atoms with E-state index in [1.54, 1.807) is 42.9 Å². The average Bonchev–Trinajstić information content (AvgIpc) is 2.91. The zero-order valence-corrected chi connectivity index (χ0v) is 15.6. The maximum absolute atomic E-state index is 12.4. The molecular weight excluding hydrogens is 348 g/mol. The number of ether oxygens (including phenoxy) is 2. The molecule has 0 atom stereocenters. The molecule has 2 aromatic heterocycles. The van der Waals surface area contributed by atoms with Crippen molar-refractivity contribution >= 4 is 34.3 Å². The lowest BCUT2D eigenvalue weighted by Crippen LogP contribution is -2.09. The molecule has 0 bridgehead atoms. The standard InChI is InChI=1S/C19H20N4O4/c1-5-26-19(25)15-10-20-18-16(11(2)22-23(18)4)17(15)21-13-6-8-14(9-7-13)27-12(3)24/h6-10H,5H2,1-4H3,(H,20,21). The van der Waals surface area contributed by atoms with Crippen LogP contribution in [0.3, 0.4) is 0 Å². The number of nitrogens with zero attached hydrogens (tertiary/aromatic N) is 3. The topological polar surface area (TPSA) is 95.3 Å². The van der Waals surface area contributed by atoms with Gasteiger partial charge in [0.15, 0.2) is 5.65 Å². The van der Waals surface area contributed by atoms with Crippen LogP contribution >= 0.6 is 0 Å². The van der Waals surface area contributed by atoms with Crippen LogP contribution in [0.5, 0.6) is 5.75 Å². The van der Waals surface area contributed by atoms with E-state index in [1.807, 2.05) is 6.92 Å². The highest BCUT2D eigenvalue weighted by atomic mass is 16.5. The number of aryl methyl sites for hydroxylation is 2. The van der Waals surface area contributed by atoms with Crippen LogP contribution in [0.4, 0.5) is 11.4 Å². The second-order valence-electron chi connectivity index (χ2n) is 5.92. The number of hydrogen-bond acceptors (Lipinski definition) is 7. The summed E-state index contributed by atoms with van der Waals surface area (Å²) in [5.41, 5.74) is 3.01. The number of fused-ring (bicyclic) bond motifs is 1. The molecule has 1 N–H and O–H groups in total. The summed E-state index contributed by atoms with van der Waals surface area (Å²) >= 11 is 0. The minimum Gasteiger partial charge on any atom is -0.462 e. The summed E-state index contributed by atoms with van der Waals surface area (Å²) in [5, 5.41) is 8.39. The second kappa shape index (κ2) is 7.45. The van der Waals surface area contributed by atoms with Gasteiger partial charge < -0.3 is 14.8 Å². The highest BCUT2D eigenvalue weighted by molar-refractivity contribution is 6.06. The summed E-state index contributed by atoms with van der Waals surface area (Å²) in [5.74, 6) is -0.410. The van der Waals surface area contributed by atoms with E-state index < -0.39 is 5.97 Å². The predicted octanol–water partition coefficient (Wildman–Crippen LogP) is 3.12. The van der Waals surface area contributed by atoms with E-state index in [-0.39, 0.29) is 12.6 Å². The van der Waals surface area contributed by atoms with E-state index >= 15 is 0 Å². The third-order valence-electron chi connectivity index (χ3n) is 3.91. The number of carbonyl (C=O) groups excluding carboxylic acids is 2. The number of anilines is 2. The Hall–Kier alpha value is -3.42. The zero-order valence-electron chi connectivity index (χ0n) is 15.6. The number of aromatic nitrogens is 3. The molecule has 0 saturated heterocycles. The van der Waals surface area contributed by atoms with Gasteiger partial charge >= 0.3 is 11.9 Å². The lowest BCUT2D eigenvalue weighted by atomic mass is 10.1. The SMILES string of the molecule is CCOC(=O)c1cnc2c(c(C)nn2C)c1Nc1ccc(OC(C)=O)cc1. The Morgan fingerprint density at radius 3 is 2.56 bits per heavy atom. The Bertz CT molecular complexity index is 1010. The van der Waals surface area contributed by atoms with Crippen LogP contribution in [0.1, 0.15) is 29.9 Å². The smallest absolute Gasteiger partial charge is 0.341 e. The first kappa shape index (κ1) is 18.4. The Kier molecular flexibility index (Phi) is 5.07. The lowest BCUT2D eigenvalue weighted by molar-refractivity contribution is -0.131. The fraction of sp³-hybridized carbons (Fsp3) is 0.263. The van der Waals surface area contributed by atoms with Gasteiger partial charge in [-0.15, -0.1) is 0 Å². The molecule has 3 rings (SSSR count). The second-order valence-corrected chi connectivity index (χ2v) is 5.92. The fourth-order valence-electron chi connectivity index (χ4n) is 2.82. The molecule has 8 heteroatoms. The van der Waals surface area contributed by atoms with Gasteiger partial charge in [-0.05, 0) is 38.1 Å². The van der Waals surface area contributed by atoms with Crippen LogP contribution in [0.25, 0.3) is 11.0 Å². The van der Waals surface area contributed by atoms with Crippen molar-refractivity contribution in [2.45, 2.75) is 20.8 Å². The highest BCUT2D eigenvalue weighted by Gasteiger charge is 2.21. The first-order valence-electron chi connectivity index (χ1n) is 8.45. The summed E-state index contributed by atoms with van der Waals surface area (Å²) in [6.45, 7) is 5.21. The minimum atomic E-state index is -0.464. The van der Waals surface area contributed by atoms with Crippen molar-refractivity contribution in [2.24, 2.45) is 7.05 Å². The molecule has 0 unspecified atom stereocenters. The summed E-state index contributed by atoms with van der Waals surface area (Å²) in [4.78, 5) is 27.8. The quantitative estimate of drug-likeness (QED) is 0.546. The van der Waals surface area contributed by atoms with E-state index in [0.717, 1.165) is 11.1 Å². The van der Waals surface area contributed by atoms with Crippen LogP contribution < -0.4 is 10.1 Å². The monoisotopic (exact) mass is 368 g/mol. The molecule has 140 valence electrons. The Balaban J connectivity index is 2.06. The number of pyridine rings is 1. The van der Waals surface area contributed by atoms with E-state index in [4.69, 9.17) is 9.47 Å². The van der Waals surface area contributed by atoms with Crippen molar-refractivity contribution in [3.05, 3.63) is 41.7 Å². The van der Waals surface area contributed by atoms with Gasteiger partial charge in [-0.2, -0.15) is 5.10 Å². The van der Waals surface area contributed by atoms with Crippen molar-refractivity contribution in [1.82, 2.24) is 14.8 Å². The molecule has 2 heterocycles. The van der Waals surface area contributed by atoms with Crippen LogP contribution in [0, 0.1) is 6.92 Å². The summed E-state index contributed by atoms with van der Waals surface area (Å²) in [6, 6.07) is 6.85. The molecule has 27 heavy (non-hydrogen) atoms. The molecule has 0 amide bonds. The molecule has 0 aliphatic heterocycles. The normalized spacial score (nSPS) is 10.7. The van der Waals surface area contributed by atoms with E-state index in [2.05, 4.69) is 15.4 Å².